The fourth-order valence-electron chi connectivity index (χ4n) is 2.14. The zero-order chi connectivity index (χ0) is 15.4. The Hall–Kier alpha value is -2.08. The first-order valence-electron chi connectivity index (χ1n) is 6.74. The molecular formula is C15H17F2N3O. The molecule has 0 amide bonds. The van der Waals surface area contributed by atoms with Gasteiger partial charge in [-0.3, -0.25) is 4.79 Å². The number of aryl methyl sites for hydroxylation is 1. The Kier molecular flexibility index (Phi) is 4.80. The number of halogens is 2. The lowest BCUT2D eigenvalue weighted by molar-refractivity contribution is 0.408. The van der Waals surface area contributed by atoms with Gasteiger partial charge in [0.2, 0.25) is 0 Å². The minimum absolute atomic E-state index is 0.132. The molecule has 0 radical (unpaired) electrons. The quantitative estimate of drug-likeness (QED) is 0.919. The van der Waals surface area contributed by atoms with Gasteiger partial charge in [-0.05, 0) is 25.1 Å². The van der Waals surface area contributed by atoms with Crippen molar-refractivity contribution in [2.45, 2.75) is 26.4 Å². The summed E-state index contributed by atoms with van der Waals surface area (Å²) >= 11 is 0. The van der Waals surface area contributed by atoms with Crippen LogP contribution in [0.15, 0.2) is 35.3 Å². The van der Waals surface area contributed by atoms with Gasteiger partial charge in [-0.2, -0.15) is 5.10 Å². The number of benzene rings is 1. The molecule has 0 aliphatic carbocycles. The van der Waals surface area contributed by atoms with E-state index < -0.39 is 17.7 Å². The first kappa shape index (κ1) is 15.3. The molecule has 0 aliphatic rings. The van der Waals surface area contributed by atoms with Crippen molar-refractivity contribution in [3.05, 3.63) is 63.6 Å². The molecule has 6 heteroatoms. The Balaban J connectivity index is 2.35. The molecule has 2 aromatic rings. The molecule has 1 heterocycles. The van der Waals surface area contributed by atoms with Crippen LogP contribution in [-0.4, -0.2) is 16.3 Å². The van der Waals surface area contributed by atoms with Gasteiger partial charge in [-0.15, -0.1) is 0 Å². The van der Waals surface area contributed by atoms with Gasteiger partial charge >= 0.3 is 0 Å². The van der Waals surface area contributed by atoms with Crippen molar-refractivity contribution in [3.63, 3.8) is 0 Å². The summed E-state index contributed by atoms with van der Waals surface area (Å²) in [6.07, 6.45) is 1.56. The summed E-state index contributed by atoms with van der Waals surface area (Å²) in [5.41, 5.74) is 0.675. The van der Waals surface area contributed by atoms with Crippen LogP contribution in [0.3, 0.4) is 0 Å². The van der Waals surface area contributed by atoms with E-state index in [0.717, 1.165) is 11.6 Å². The number of nitrogens with one attached hydrogen (secondary N) is 1. The molecule has 1 unspecified atom stereocenters. The number of hydrogen-bond donors (Lipinski definition) is 1. The molecule has 1 atom stereocenters. The normalized spacial score (nSPS) is 12.4. The van der Waals surface area contributed by atoms with Gasteiger partial charge in [-0.1, -0.05) is 19.1 Å². The Morgan fingerprint density at radius 2 is 2.14 bits per heavy atom. The summed E-state index contributed by atoms with van der Waals surface area (Å²) in [5, 5.41) is 7.08. The Morgan fingerprint density at radius 1 is 1.38 bits per heavy atom. The first-order valence-corrected chi connectivity index (χ1v) is 6.74. The molecule has 0 bridgehead atoms. The highest BCUT2D eigenvalue weighted by molar-refractivity contribution is 5.22. The SMILES string of the molecule is CCNC(Cn1ncc(C)cc1=O)c1cccc(F)c1F. The molecule has 4 nitrogen and oxygen atoms in total. The van der Waals surface area contributed by atoms with Crippen molar-refractivity contribution in [1.82, 2.24) is 15.1 Å². The van der Waals surface area contributed by atoms with Crippen LogP contribution in [0.4, 0.5) is 8.78 Å². The van der Waals surface area contributed by atoms with Crippen LogP contribution in [0, 0.1) is 18.6 Å². The summed E-state index contributed by atoms with van der Waals surface area (Å²) < 4.78 is 28.5. The van der Waals surface area contributed by atoms with E-state index in [1.807, 2.05) is 6.92 Å². The maximum atomic E-state index is 13.9. The summed E-state index contributed by atoms with van der Waals surface area (Å²) in [7, 11) is 0. The van der Waals surface area contributed by atoms with Gasteiger partial charge in [0, 0.05) is 11.6 Å². The molecular weight excluding hydrogens is 276 g/mol. The predicted molar refractivity (Wildman–Crippen MR) is 76.0 cm³/mol. The molecule has 21 heavy (non-hydrogen) atoms. The average Bonchev–Trinajstić information content (AvgIpc) is 2.44. The molecule has 1 N–H and O–H groups in total. The molecule has 2 rings (SSSR count). The van der Waals surface area contributed by atoms with Crippen molar-refractivity contribution in [2.24, 2.45) is 0 Å². The van der Waals surface area contributed by atoms with E-state index in [0.29, 0.717) is 6.54 Å². The summed E-state index contributed by atoms with van der Waals surface area (Å²) in [5.74, 6) is -1.80. The third-order valence-corrected chi connectivity index (χ3v) is 3.17. The molecule has 112 valence electrons. The Morgan fingerprint density at radius 3 is 2.81 bits per heavy atom. The van der Waals surface area contributed by atoms with E-state index in [1.165, 1.54) is 22.9 Å². The van der Waals surface area contributed by atoms with E-state index in [4.69, 9.17) is 0 Å². The van der Waals surface area contributed by atoms with Gasteiger partial charge in [0.25, 0.3) is 5.56 Å². The van der Waals surface area contributed by atoms with Crippen LogP contribution in [0.5, 0.6) is 0 Å². The van der Waals surface area contributed by atoms with Crippen molar-refractivity contribution in [2.75, 3.05) is 6.54 Å². The van der Waals surface area contributed by atoms with Crippen LogP contribution in [0.2, 0.25) is 0 Å². The lowest BCUT2D eigenvalue weighted by Gasteiger charge is -2.19. The predicted octanol–water partition coefficient (Wildman–Crippen LogP) is 2.18. The molecule has 0 aliphatic heterocycles. The van der Waals surface area contributed by atoms with Crippen LogP contribution in [-0.2, 0) is 6.54 Å². The number of rotatable bonds is 5. The van der Waals surface area contributed by atoms with E-state index in [1.54, 1.807) is 13.1 Å². The number of hydrogen-bond acceptors (Lipinski definition) is 3. The molecule has 0 saturated heterocycles. The van der Waals surface area contributed by atoms with E-state index in [2.05, 4.69) is 10.4 Å². The Labute approximate surface area is 121 Å². The fourth-order valence-corrected chi connectivity index (χ4v) is 2.14. The molecule has 0 fully saturated rings. The molecule has 0 saturated carbocycles. The highest BCUT2D eigenvalue weighted by Gasteiger charge is 2.18. The second-order valence-corrected chi connectivity index (χ2v) is 4.81. The highest BCUT2D eigenvalue weighted by Crippen LogP contribution is 2.20. The number of aromatic nitrogens is 2. The zero-order valence-electron chi connectivity index (χ0n) is 11.9. The highest BCUT2D eigenvalue weighted by atomic mass is 19.2. The topological polar surface area (TPSA) is 46.9 Å². The smallest absolute Gasteiger partial charge is 0.267 e. The van der Waals surface area contributed by atoms with Crippen molar-refractivity contribution in [3.8, 4) is 0 Å². The lowest BCUT2D eigenvalue weighted by Crippen LogP contribution is -2.32. The molecule has 0 spiro atoms. The van der Waals surface area contributed by atoms with Crippen LogP contribution in [0.25, 0.3) is 0 Å². The number of likely N-dealkylation sites (N-methyl/N-ethyl adjacent to an activating group) is 1. The van der Waals surface area contributed by atoms with Crippen LogP contribution >= 0.6 is 0 Å². The minimum Gasteiger partial charge on any atom is -0.309 e. The third-order valence-electron chi connectivity index (χ3n) is 3.17. The minimum atomic E-state index is -0.903. The second kappa shape index (κ2) is 6.58. The average molecular weight is 293 g/mol. The fraction of sp³-hybridized carbons (Fsp3) is 0.333. The van der Waals surface area contributed by atoms with Gasteiger partial charge in [-0.25, -0.2) is 13.5 Å². The van der Waals surface area contributed by atoms with Gasteiger partial charge in [0.15, 0.2) is 11.6 Å². The molecule has 1 aromatic heterocycles. The van der Waals surface area contributed by atoms with E-state index in [-0.39, 0.29) is 17.7 Å². The van der Waals surface area contributed by atoms with Crippen LogP contribution < -0.4 is 10.9 Å². The van der Waals surface area contributed by atoms with E-state index in [9.17, 15) is 13.6 Å². The summed E-state index contributed by atoms with van der Waals surface area (Å²) in [6, 6.07) is 4.95. The van der Waals surface area contributed by atoms with E-state index >= 15 is 0 Å². The van der Waals surface area contributed by atoms with Gasteiger partial charge < -0.3 is 5.32 Å². The standard InChI is InChI=1S/C15H17F2N3O/c1-3-18-13(11-5-4-6-12(16)15(11)17)9-20-14(21)7-10(2)8-19-20/h4-8,13,18H,3,9H2,1-2H3. The summed E-state index contributed by atoms with van der Waals surface area (Å²) in [4.78, 5) is 11.9. The van der Waals surface area contributed by atoms with Gasteiger partial charge in [0.1, 0.15) is 0 Å². The van der Waals surface area contributed by atoms with Crippen LogP contribution in [0.1, 0.15) is 24.1 Å². The van der Waals surface area contributed by atoms with Crippen molar-refractivity contribution < 1.29 is 8.78 Å². The maximum absolute atomic E-state index is 13.9. The number of nitrogens with zero attached hydrogens (tertiary/aromatic N) is 2. The first-order chi connectivity index (χ1) is 10.0. The van der Waals surface area contributed by atoms with Gasteiger partial charge in [0.05, 0.1) is 18.8 Å². The zero-order valence-corrected chi connectivity index (χ0v) is 11.9. The summed E-state index contributed by atoms with van der Waals surface area (Å²) in [6.45, 7) is 4.32. The lowest BCUT2D eigenvalue weighted by atomic mass is 10.1. The van der Waals surface area contributed by atoms with Crippen molar-refractivity contribution >= 4 is 0 Å². The third kappa shape index (κ3) is 3.52. The van der Waals surface area contributed by atoms with Crippen molar-refractivity contribution in [1.29, 1.82) is 0 Å². The maximum Gasteiger partial charge on any atom is 0.267 e. The Bertz CT molecular complexity index is 685. The largest absolute Gasteiger partial charge is 0.309 e. The molecule has 1 aromatic carbocycles. The monoisotopic (exact) mass is 293 g/mol. The second-order valence-electron chi connectivity index (χ2n) is 4.81.